The van der Waals surface area contributed by atoms with Gasteiger partial charge in [-0.05, 0) is 98.0 Å². The Labute approximate surface area is 503 Å². The van der Waals surface area contributed by atoms with Gasteiger partial charge in [0.2, 0.25) is 29.1 Å². The molecule has 2 atom stereocenters. The molecule has 1 aliphatic carbocycles. The Balaban J connectivity index is 0. The first-order chi connectivity index (χ1) is 40.9. The van der Waals surface area contributed by atoms with E-state index in [1.807, 2.05) is 67.6 Å². The molecule has 0 spiro atoms. The monoisotopic (exact) mass is 1200 g/mol. The molecule has 0 radical (unpaired) electrons. The number of aromatic nitrogens is 6. The molecule has 0 saturated heterocycles. The standard InChI is InChI=1S/C22H21F3N4O2.C22H21N5O.C18H19F3N4O2.8H2/c1-2-21(27,14-7-4-3-5-8-14)13-31-17-11-10-16(22(23,24)25)18(29-17)19(30)15-9-6-12-28-20(15)26;1-2-7-16-11-12-19(26-14-18(23)15-8-4-3-5-9-15)27-20(16)21(28)17-10-6-13-25-22(17)24;19-18(20,21)12-5-6-13(27-10-17(23)7-1-2-8-17)25-14(12)15(26)11-4-3-9-24-16(11)22;;;;;;;;/h3-12H,2,13,27H2,1H3,(H2,26,28);3-6,8-13,18H,14,23H2,1H3,(H2,24,25)(H,26,27);3-6,9H,1-2,7-8,10,23H2,(H2,22,24);8*1H. The van der Waals surface area contributed by atoms with Crippen LogP contribution >= 0.6 is 0 Å². The Kier molecular flexibility index (Phi) is 20.9. The molecular weight excluding hydrogens is 1120 g/mol. The Morgan fingerprint density at radius 2 is 1.09 bits per heavy atom. The second kappa shape index (κ2) is 28.2. The fraction of sp³-hybridized carbons (Fsp3) is 0.242. The van der Waals surface area contributed by atoms with Crippen LogP contribution in [0.2, 0.25) is 0 Å². The van der Waals surface area contributed by atoms with Gasteiger partial charge in [-0.2, -0.15) is 26.3 Å². The molecule has 2 unspecified atom stereocenters. The van der Waals surface area contributed by atoms with E-state index in [1.165, 1.54) is 42.9 Å². The molecule has 9 rings (SSSR count). The Morgan fingerprint density at radius 1 is 0.628 bits per heavy atom. The minimum Gasteiger partial charge on any atom is -0.476 e. The minimum absolute atomic E-state index is 0. The first kappa shape index (κ1) is 63.7. The average molecular weight is 1200 g/mol. The molecular formula is C62H77F6N13O5. The third kappa shape index (κ3) is 16.3. The zero-order valence-electron chi connectivity index (χ0n) is 46.6. The molecule has 2 aromatic carbocycles. The van der Waals surface area contributed by atoms with Gasteiger partial charge < -0.3 is 49.2 Å². The van der Waals surface area contributed by atoms with Gasteiger partial charge in [-0.25, -0.2) is 29.9 Å². The SMILES string of the molecule is CC#Cc1ccc(NCC(N)c2ccccc2)nc1C(=O)c1cccnc1N.CCC(N)(COc1ccc(C(F)(F)F)c(C(=O)c2cccnc2N)n1)c1ccccc1.Nc1ncccc1C(=O)c1nc(OCC2(N)CCCC2)ccc1C(F)(F)F.[HH].[HH].[HH].[HH].[HH].[HH].[HH].[HH]. The Hall–Kier alpha value is -9.83. The number of alkyl halides is 6. The zero-order chi connectivity index (χ0) is 62.2. The summed E-state index contributed by atoms with van der Waals surface area (Å²) in [6.07, 6.45) is -1.34. The van der Waals surface area contributed by atoms with E-state index in [9.17, 15) is 40.7 Å². The highest BCUT2D eigenvalue weighted by atomic mass is 19.4. The molecule has 462 valence electrons. The number of ketones is 3. The molecule has 24 heteroatoms. The number of hydrogen-bond acceptors (Lipinski definition) is 18. The van der Waals surface area contributed by atoms with Crippen molar-refractivity contribution in [2.75, 3.05) is 42.3 Å². The van der Waals surface area contributed by atoms with Crippen LogP contribution in [-0.4, -0.2) is 72.6 Å². The van der Waals surface area contributed by atoms with E-state index in [0.29, 0.717) is 29.9 Å². The molecule has 18 nitrogen and oxygen atoms in total. The number of nitrogens with zero attached hydrogens (tertiary/aromatic N) is 6. The van der Waals surface area contributed by atoms with E-state index in [0.717, 1.165) is 61.1 Å². The predicted molar refractivity (Wildman–Crippen MR) is 329 cm³/mol. The predicted octanol–water partition coefficient (Wildman–Crippen LogP) is 11.7. The van der Waals surface area contributed by atoms with Crippen LogP contribution in [0.25, 0.3) is 0 Å². The molecule has 0 aliphatic heterocycles. The number of pyridine rings is 6. The Bertz CT molecular complexity index is 3770. The quantitative estimate of drug-likeness (QED) is 0.0238. The summed E-state index contributed by atoms with van der Waals surface area (Å²) < 4.78 is 91.7. The van der Waals surface area contributed by atoms with Crippen LogP contribution in [0.5, 0.6) is 11.8 Å². The molecule has 1 fully saturated rings. The summed E-state index contributed by atoms with van der Waals surface area (Å²) in [7, 11) is 0. The first-order valence-corrected chi connectivity index (χ1v) is 26.7. The van der Waals surface area contributed by atoms with Gasteiger partial charge >= 0.3 is 12.4 Å². The summed E-state index contributed by atoms with van der Waals surface area (Å²) in [4.78, 5) is 62.0. The minimum atomic E-state index is -4.79. The van der Waals surface area contributed by atoms with Crippen molar-refractivity contribution in [3.63, 3.8) is 0 Å². The van der Waals surface area contributed by atoms with E-state index in [4.69, 9.17) is 43.9 Å². The summed E-state index contributed by atoms with van der Waals surface area (Å²) in [5, 5.41) is 3.19. The number of rotatable bonds is 18. The zero-order valence-corrected chi connectivity index (χ0v) is 46.6. The normalized spacial score (nSPS) is 13.6. The number of carbonyl (C=O) groups excluding carboxylic acids is 3. The maximum atomic E-state index is 13.5. The van der Waals surface area contributed by atoms with Gasteiger partial charge in [0.05, 0.1) is 44.5 Å². The number of hydrogen-bond donors (Lipinski definition) is 7. The lowest BCUT2D eigenvalue weighted by atomic mass is 9.89. The lowest BCUT2D eigenvalue weighted by Gasteiger charge is -2.28. The van der Waals surface area contributed by atoms with Gasteiger partial charge in [-0.1, -0.05) is 86.3 Å². The number of ether oxygens (including phenoxy) is 2. The maximum Gasteiger partial charge on any atom is 0.418 e. The molecule has 0 amide bonds. The van der Waals surface area contributed by atoms with E-state index in [-0.39, 0.29) is 82.5 Å². The van der Waals surface area contributed by atoms with Crippen molar-refractivity contribution in [2.45, 2.75) is 75.4 Å². The summed E-state index contributed by atoms with van der Waals surface area (Å²) in [5.41, 5.74) is 33.2. The highest BCUT2D eigenvalue weighted by Gasteiger charge is 2.39. The van der Waals surface area contributed by atoms with Crippen LogP contribution in [-0.2, 0) is 17.9 Å². The molecule has 1 saturated carbocycles. The van der Waals surface area contributed by atoms with Crippen LogP contribution in [0, 0.1) is 11.8 Å². The molecule has 8 aromatic rings. The van der Waals surface area contributed by atoms with Crippen LogP contribution in [0.1, 0.15) is 139 Å². The third-order valence-corrected chi connectivity index (χ3v) is 13.7. The maximum absolute atomic E-state index is 13.5. The lowest BCUT2D eigenvalue weighted by molar-refractivity contribution is -0.139. The summed E-state index contributed by atoms with van der Waals surface area (Å²) in [6, 6.07) is 34.7. The number of nitrogen functional groups attached to an aromatic ring is 3. The number of benzene rings is 2. The van der Waals surface area contributed by atoms with Gasteiger partial charge in [-0.3, -0.25) is 14.4 Å². The molecule has 86 heavy (non-hydrogen) atoms. The second-order valence-corrected chi connectivity index (χ2v) is 19.8. The second-order valence-electron chi connectivity index (χ2n) is 19.8. The van der Waals surface area contributed by atoms with Gasteiger partial charge in [0.1, 0.15) is 53.6 Å². The van der Waals surface area contributed by atoms with Crippen LogP contribution in [0.4, 0.5) is 49.6 Å². The fourth-order valence-electron chi connectivity index (χ4n) is 8.86. The molecule has 0 bridgehead atoms. The highest BCUT2D eigenvalue weighted by molar-refractivity contribution is 6.13. The van der Waals surface area contributed by atoms with Crippen LogP contribution in [0.3, 0.4) is 0 Å². The highest BCUT2D eigenvalue weighted by Crippen LogP contribution is 2.36. The van der Waals surface area contributed by atoms with Gasteiger partial charge in [0.15, 0.2) is 0 Å². The van der Waals surface area contributed by atoms with Crippen molar-refractivity contribution < 1.29 is 61.6 Å². The third-order valence-electron chi connectivity index (χ3n) is 13.7. The van der Waals surface area contributed by atoms with Gasteiger partial charge in [0, 0.05) is 54.7 Å². The summed E-state index contributed by atoms with van der Waals surface area (Å²) in [6.45, 7) is 4.12. The van der Waals surface area contributed by atoms with Crippen molar-refractivity contribution in [1.29, 1.82) is 0 Å². The van der Waals surface area contributed by atoms with Crippen LogP contribution < -0.4 is 49.2 Å². The van der Waals surface area contributed by atoms with Gasteiger partial charge in [0.25, 0.3) is 0 Å². The summed E-state index contributed by atoms with van der Waals surface area (Å²) >= 11 is 0. The number of anilines is 4. The van der Waals surface area contributed by atoms with E-state index in [2.05, 4.69) is 47.1 Å². The largest absolute Gasteiger partial charge is 0.476 e. The summed E-state index contributed by atoms with van der Waals surface area (Å²) in [5.74, 6) is 3.53. The van der Waals surface area contributed by atoms with Crippen molar-refractivity contribution in [3.05, 3.63) is 214 Å². The number of nitrogens with two attached hydrogens (primary N) is 6. The van der Waals surface area contributed by atoms with E-state index < -0.39 is 57.5 Å². The van der Waals surface area contributed by atoms with E-state index in [1.54, 1.807) is 31.2 Å². The molecule has 13 N–H and O–H groups in total. The molecule has 1 aliphatic rings. The molecule has 6 heterocycles. The topological polar surface area (TPSA) is 315 Å². The fourth-order valence-corrected chi connectivity index (χ4v) is 8.86. The lowest BCUT2D eigenvalue weighted by Crippen LogP contribution is -2.42. The van der Waals surface area contributed by atoms with E-state index >= 15 is 0 Å². The van der Waals surface area contributed by atoms with Crippen molar-refractivity contribution in [3.8, 4) is 23.6 Å². The number of nitrogens with one attached hydrogen (secondary N) is 1. The van der Waals surface area contributed by atoms with Crippen LogP contribution in [0.15, 0.2) is 152 Å². The smallest absolute Gasteiger partial charge is 0.418 e. The van der Waals surface area contributed by atoms with Crippen molar-refractivity contribution >= 4 is 40.6 Å². The number of carbonyl (C=O) groups is 3. The Morgan fingerprint density at radius 3 is 1.55 bits per heavy atom. The van der Waals surface area contributed by atoms with Crippen molar-refractivity contribution in [1.82, 2.24) is 29.9 Å². The van der Waals surface area contributed by atoms with Gasteiger partial charge in [-0.15, -0.1) is 5.92 Å². The average Bonchev–Trinajstić information content (AvgIpc) is 0.865. The van der Waals surface area contributed by atoms with Crippen molar-refractivity contribution in [2.24, 2.45) is 17.2 Å². The first-order valence-electron chi connectivity index (χ1n) is 26.7. The number of halogens is 6. The molecule has 6 aromatic heterocycles.